The molecule has 0 aliphatic heterocycles. The fourth-order valence-corrected chi connectivity index (χ4v) is 3.52. The number of carbonyl (C=O) groups is 1. The second kappa shape index (κ2) is 5.79. The third-order valence-corrected chi connectivity index (χ3v) is 4.66. The number of hydrogen-bond donors (Lipinski definition) is 1. The summed E-state index contributed by atoms with van der Waals surface area (Å²) in [4.78, 5) is 12.1. The molecule has 0 bridgehead atoms. The maximum atomic E-state index is 12.1. The Balaban J connectivity index is 1.59. The first kappa shape index (κ1) is 13.4. The average molecular weight is 289 g/mol. The van der Waals surface area contributed by atoms with Gasteiger partial charge in [-0.25, -0.2) is 0 Å². The molecule has 106 valence electrons. The lowest BCUT2D eigenvalue weighted by atomic mass is 9.93. The molecule has 0 saturated heterocycles. The zero-order valence-electron chi connectivity index (χ0n) is 11.6. The summed E-state index contributed by atoms with van der Waals surface area (Å²) in [5.41, 5.74) is 3.71. The first-order chi connectivity index (χ1) is 9.74. The summed E-state index contributed by atoms with van der Waals surface area (Å²) in [6.45, 7) is 0. The van der Waals surface area contributed by atoms with Crippen LogP contribution in [-0.2, 0) is 24.7 Å². The highest BCUT2D eigenvalue weighted by Gasteiger charge is 2.24. The Kier molecular flexibility index (Phi) is 3.87. The van der Waals surface area contributed by atoms with Crippen LogP contribution in [0.1, 0.15) is 42.1 Å². The smallest absolute Gasteiger partial charge is 0.220 e. The van der Waals surface area contributed by atoms with Gasteiger partial charge in [0.05, 0.1) is 12.2 Å². The highest BCUT2D eigenvalue weighted by molar-refractivity contribution is 7.07. The molecule has 1 unspecified atom stereocenters. The summed E-state index contributed by atoms with van der Waals surface area (Å²) in [6.07, 6.45) is 6.47. The van der Waals surface area contributed by atoms with E-state index in [1.54, 1.807) is 11.3 Å². The molecule has 5 heteroatoms. The summed E-state index contributed by atoms with van der Waals surface area (Å²) in [7, 11) is 1.97. The van der Waals surface area contributed by atoms with Crippen molar-refractivity contribution in [2.24, 2.45) is 7.05 Å². The van der Waals surface area contributed by atoms with Gasteiger partial charge in [-0.05, 0) is 48.1 Å². The Morgan fingerprint density at radius 3 is 3.30 bits per heavy atom. The van der Waals surface area contributed by atoms with E-state index >= 15 is 0 Å². The molecule has 20 heavy (non-hydrogen) atoms. The van der Waals surface area contributed by atoms with Gasteiger partial charge in [-0.1, -0.05) is 0 Å². The van der Waals surface area contributed by atoms with Gasteiger partial charge >= 0.3 is 0 Å². The molecule has 1 aliphatic carbocycles. The summed E-state index contributed by atoms with van der Waals surface area (Å²) in [5, 5.41) is 11.6. The minimum absolute atomic E-state index is 0.137. The lowest BCUT2D eigenvalue weighted by molar-refractivity contribution is -0.121. The average Bonchev–Trinajstić information content (AvgIpc) is 3.08. The molecule has 0 spiro atoms. The number of nitrogens with one attached hydrogen (secondary N) is 1. The van der Waals surface area contributed by atoms with E-state index in [1.807, 2.05) is 17.9 Å². The van der Waals surface area contributed by atoms with Gasteiger partial charge in [-0.2, -0.15) is 16.4 Å². The number of carbonyl (C=O) groups excluding carboxylic acids is 1. The SMILES string of the molecule is Cn1ncc2c1CCCC2NC(=O)CCc1ccsc1. The van der Waals surface area contributed by atoms with Gasteiger partial charge < -0.3 is 5.32 Å². The number of aryl methyl sites for hydroxylation is 2. The Bertz CT molecular complexity index is 588. The molecular formula is C15H19N3OS. The molecular weight excluding hydrogens is 270 g/mol. The number of amides is 1. The largest absolute Gasteiger partial charge is 0.349 e. The normalized spacial score (nSPS) is 17.8. The Morgan fingerprint density at radius 1 is 1.60 bits per heavy atom. The van der Waals surface area contributed by atoms with Gasteiger partial charge in [0.2, 0.25) is 5.91 Å². The van der Waals surface area contributed by atoms with Crippen LogP contribution < -0.4 is 5.32 Å². The van der Waals surface area contributed by atoms with Crippen molar-refractivity contribution in [1.82, 2.24) is 15.1 Å². The van der Waals surface area contributed by atoms with Crippen molar-refractivity contribution in [3.63, 3.8) is 0 Å². The predicted molar refractivity (Wildman–Crippen MR) is 79.7 cm³/mol. The molecule has 1 atom stereocenters. The molecule has 0 aromatic carbocycles. The molecule has 1 amide bonds. The van der Waals surface area contributed by atoms with Crippen molar-refractivity contribution in [3.8, 4) is 0 Å². The molecule has 2 heterocycles. The van der Waals surface area contributed by atoms with Crippen LogP contribution in [0.4, 0.5) is 0 Å². The lowest BCUT2D eigenvalue weighted by Gasteiger charge is -2.23. The number of hydrogen-bond acceptors (Lipinski definition) is 3. The summed E-state index contributed by atoms with van der Waals surface area (Å²) in [6, 6.07) is 2.22. The standard InChI is InChI=1S/C15H19N3OS/c1-18-14-4-2-3-13(12(14)9-16-18)17-15(19)6-5-11-7-8-20-10-11/h7-10,13H,2-6H2,1H3,(H,17,19). The van der Waals surface area contributed by atoms with Gasteiger partial charge in [0, 0.05) is 24.7 Å². The maximum Gasteiger partial charge on any atom is 0.220 e. The maximum absolute atomic E-state index is 12.1. The monoisotopic (exact) mass is 289 g/mol. The zero-order valence-corrected chi connectivity index (χ0v) is 12.4. The molecule has 1 N–H and O–H groups in total. The van der Waals surface area contributed by atoms with Crippen molar-refractivity contribution in [2.75, 3.05) is 0 Å². The summed E-state index contributed by atoms with van der Waals surface area (Å²) >= 11 is 1.68. The second-order valence-corrected chi connectivity index (χ2v) is 6.09. The fourth-order valence-electron chi connectivity index (χ4n) is 2.82. The van der Waals surface area contributed by atoms with Crippen LogP contribution in [0.5, 0.6) is 0 Å². The Morgan fingerprint density at radius 2 is 2.50 bits per heavy atom. The number of aromatic nitrogens is 2. The number of rotatable bonds is 4. The van der Waals surface area contributed by atoms with Gasteiger partial charge in [-0.3, -0.25) is 9.48 Å². The van der Waals surface area contributed by atoms with Crippen LogP contribution >= 0.6 is 11.3 Å². The molecule has 1 aliphatic rings. The first-order valence-corrected chi connectivity index (χ1v) is 7.99. The number of fused-ring (bicyclic) bond motifs is 1. The fraction of sp³-hybridized carbons (Fsp3) is 0.467. The minimum atomic E-state index is 0.137. The Labute approximate surface area is 122 Å². The van der Waals surface area contributed by atoms with E-state index in [2.05, 4.69) is 27.2 Å². The van der Waals surface area contributed by atoms with Gasteiger partial charge in [0.1, 0.15) is 0 Å². The number of thiophene rings is 1. The molecule has 2 aromatic rings. The predicted octanol–water partition coefficient (Wildman–Crippen LogP) is 2.61. The third-order valence-electron chi connectivity index (χ3n) is 3.93. The van der Waals surface area contributed by atoms with E-state index in [1.165, 1.54) is 16.8 Å². The molecule has 0 radical (unpaired) electrons. The second-order valence-electron chi connectivity index (χ2n) is 5.31. The lowest BCUT2D eigenvalue weighted by Crippen LogP contribution is -2.31. The third kappa shape index (κ3) is 2.77. The molecule has 4 nitrogen and oxygen atoms in total. The van der Waals surface area contributed by atoms with Crippen molar-refractivity contribution < 1.29 is 4.79 Å². The Hall–Kier alpha value is -1.62. The van der Waals surface area contributed by atoms with Crippen molar-refractivity contribution in [1.29, 1.82) is 0 Å². The van der Waals surface area contributed by atoms with E-state index in [-0.39, 0.29) is 11.9 Å². The molecule has 3 rings (SSSR count). The van der Waals surface area contributed by atoms with Crippen molar-refractivity contribution >= 4 is 17.2 Å². The van der Waals surface area contributed by atoms with E-state index in [0.29, 0.717) is 6.42 Å². The summed E-state index contributed by atoms with van der Waals surface area (Å²) < 4.78 is 1.93. The highest BCUT2D eigenvalue weighted by Crippen LogP contribution is 2.29. The van der Waals surface area contributed by atoms with Crippen LogP contribution in [0.3, 0.4) is 0 Å². The number of nitrogens with zero attached hydrogens (tertiary/aromatic N) is 2. The molecule has 2 aromatic heterocycles. The minimum Gasteiger partial charge on any atom is -0.349 e. The van der Waals surface area contributed by atoms with E-state index in [0.717, 1.165) is 25.7 Å². The zero-order chi connectivity index (χ0) is 13.9. The van der Waals surface area contributed by atoms with E-state index in [4.69, 9.17) is 0 Å². The van der Waals surface area contributed by atoms with Gasteiger partial charge in [0.15, 0.2) is 0 Å². The van der Waals surface area contributed by atoms with Gasteiger partial charge in [-0.15, -0.1) is 0 Å². The van der Waals surface area contributed by atoms with Crippen LogP contribution in [0.25, 0.3) is 0 Å². The van der Waals surface area contributed by atoms with Crippen LogP contribution in [0, 0.1) is 0 Å². The van der Waals surface area contributed by atoms with Crippen LogP contribution in [0.2, 0.25) is 0 Å². The quantitative estimate of drug-likeness (QED) is 0.940. The topological polar surface area (TPSA) is 46.9 Å². The van der Waals surface area contributed by atoms with Gasteiger partial charge in [0.25, 0.3) is 0 Å². The van der Waals surface area contributed by atoms with Crippen LogP contribution in [-0.4, -0.2) is 15.7 Å². The summed E-state index contributed by atoms with van der Waals surface area (Å²) in [5.74, 6) is 0.137. The molecule has 0 fully saturated rings. The van der Waals surface area contributed by atoms with E-state index < -0.39 is 0 Å². The first-order valence-electron chi connectivity index (χ1n) is 7.05. The highest BCUT2D eigenvalue weighted by atomic mass is 32.1. The van der Waals surface area contributed by atoms with Crippen LogP contribution in [0.15, 0.2) is 23.0 Å². The van der Waals surface area contributed by atoms with Crippen molar-refractivity contribution in [2.45, 2.75) is 38.1 Å². The van der Waals surface area contributed by atoms with Crippen molar-refractivity contribution in [3.05, 3.63) is 39.8 Å². The van der Waals surface area contributed by atoms with E-state index in [9.17, 15) is 4.79 Å². The molecule has 0 saturated carbocycles.